The molecular formula is C15H14FNO2. The third kappa shape index (κ3) is 3.17. The number of nitrogens with one attached hydrogen (secondary N) is 1. The van der Waals surface area contributed by atoms with Crippen LogP contribution in [-0.4, -0.2) is 11.0 Å². The van der Waals surface area contributed by atoms with Gasteiger partial charge in [0.05, 0.1) is 0 Å². The van der Waals surface area contributed by atoms with Crippen molar-refractivity contribution in [3.8, 4) is 0 Å². The monoisotopic (exact) mass is 259 g/mol. The molecule has 2 aromatic carbocycles. The van der Waals surface area contributed by atoms with Gasteiger partial charge in [0, 0.05) is 5.69 Å². The molecule has 19 heavy (non-hydrogen) atoms. The Kier molecular flexibility index (Phi) is 3.92. The molecule has 0 aliphatic heterocycles. The first kappa shape index (κ1) is 13.2. The predicted molar refractivity (Wildman–Crippen MR) is 71.2 cm³/mol. The van der Waals surface area contributed by atoms with Crippen molar-refractivity contribution in [2.75, 3.05) is 5.32 Å². The second-order valence-electron chi connectivity index (χ2n) is 4.26. The van der Waals surface area contributed by atoms with Gasteiger partial charge in [-0.1, -0.05) is 36.4 Å². The van der Waals surface area contributed by atoms with Crippen LogP contribution in [0.15, 0.2) is 48.5 Å². The number of aliphatic hydroxyl groups excluding tert-OH is 1. The summed E-state index contributed by atoms with van der Waals surface area (Å²) in [4.78, 5) is 11.9. The molecule has 0 aliphatic carbocycles. The molecule has 2 rings (SSSR count). The normalized spacial score (nSPS) is 11.9. The Labute approximate surface area is 110 Å². The molecule has 0 saturated heterocycles. The third-order valence-electron chi connectivity index (χ3n) is 2.82. The van der Waals surface area contributed by atoms with E-state index in [-0.39, 0.29) is 0 Å². The van der Waals surface area contributed by atoms with Crippen molar-refractivity contribution in [1.29, 1.82) is 0 Å². The van der Waals surface area contributed by atoms with Crippen LogP contribution in [0.2, 0.25) is 0 Å². The van der Waals surface area contributed by atoms with Crippen LogP contribution in [0.1, 0.15) is 17.2 Å². The number of rotatable bonds is 3. The van der Waals surface area contributed by atoms with Crippen LogP contribution in [0.5, 0.6) is 0 Å². The zero-order chi connectivity index (χ0) is 13.8. The molecule has 0 aliphatic rings. The molecular weight excluding hydrogens is 245 g/mol. The number of amides is 1. The highest BCUT2D eigenvalue weighted by atomic mass is 19.1. The predicted octanol–water partition coefficient (Wildman–Crippen LogP) is 2.81. The van der Waals surface area contributed by atoms with Crippen molar-refractivity contribution in [3.05, 3.63) is 65.5 Å². The minimum Gasteiger partial charge on any atom is -0.378 e. The number of aliphatic hydroxyl groups is 1. The molecule has 4 heteroatoms. The molecule has 1 atom stereocenters. The van der Waals surface area contributed by atoms with Crippen LogP contribution in [-0.2, 0) is 4.79 Å². The number of anilines is 1. The summed E-state index contributed by atoms with van der Waals surface area (Å²) in [5.41, 5.74) is 1.59. The van der Waals surface area contributed by atoms with Crippen LogP contribution < -0.4 is 5.32 Å². The molecule has 0 spiro atoms. The molecule has 0 heterocycles. The van der Waals surface area contributed by atoms with E-state index in [1.54, 1.807) is 43.3 Å². The smallest absolute Gasteiger partial charge is 0.257 e. The molecule has 2 N–H and O–H groups in total. The summed E-state index contributed by atoms with van der Waals surface area (Å²) in [5.74, 6) is -1.02. The van der Waals surface area contributed by atoms with E-state index in [0.717, 1.165) is 5.56 Å². The van der Waals surface area contributed by atoms with E-state index < -0.39 is 17.8 Å². The minimum absolute atomic E-state index is 0.361. The Bertz CT molecular complexity index is 584. The van der Waals surface area contributed by atoms with Gasteiger partial charge in [0.25, 0.3) is 5.91 Å². The lowest BCUT2D eigenvalue weighted by atomic mass is 10.1. The van der Waals surface area contributed by atoms with E-state index >= 15 is 0 Å². The number of carbonyl (C=O) groups is 1. The number of carbonyl (C=O) groups excluding carboxylic acids is 1. The molecule has 3 nitrogen and oxygen atoms in total. The Hall–Kier alpha value is -2.20. The van der Waals surface area contributed by atoms with Crippen molar-refractivity contribution in [1.82, 2.24) is 0 Å². The number of hydrogen-bond acceptors (Lipinski definition) is 2. The van der Waals surface area contributed by atoms with Gasteiger partial charge in [-0.05, 0) is 30.2 Å². The van der Waals surface area contributed by atoms with Crippen LogP contribution in [0.3, 0.4) is 0 Å². The highest BCUT2D eigenvalue weighted by Gasteiger charge is 2.17. The van der Waals surface area contributed by atoms with Crippen molar-refractivity contribution >= 4 is 11.6 Å². The fraction of sp³-hybridized carbons (Fsp3) is 0.133. The standard InChI is InChI=1S/C15H14FNO2/c1-10-7-8-12(16)9-13(10)17-15(19)14(18)11-5-3-2-4-6-11/h2-9,14,18H,1H3,(H,17,19). The van der Waals surface area contributed by atoms with Gasteiger partial charge in [0.15, 0.2) is 6.10 Å². The Balaban J connectivity index is 2.15. The topological polar surface area (TPSA) is 49.3 Å². The van der Waals surface area contributed by atoms with Crippen molar-refractivity contribution in [2.45, 2.75) is 13.0 Å². The average molecular weight is 259 g/mol. The maximum absolute atomic E-state index is 13.1. The van der Waals surface area contributed by atoms with Gasteiger partial charge in [-0.2, -0.15) is 0 Å². The molecule has 0 aromatic heterocycles. The lowest BCUT2D eigenvalue weighted by molar-refractivity contribution is -0.124. The molecule has 1 amide bonds. The molecule has 1 unspecified atom stereocenters. The maximum Gasteiger partial charge on any atom is 0.257 e. The molecule has 0 fully saturated rings. The highest BCUT2D eigenvalue weighted by molar-refractivity contribution is 5.95. The molecule has 2 aromatic rings. The third-order valence-corrected chi connectivity index (χ3v) is 2.82. The SMILES string of the molecule is Cc1ccc(F)cc1NC(=O)C(O)c1ccccc1. The van der Waals surface area contributed by atoms with E-state index in [0.29, 0.717) is 11.3 Å². The largest absolute Gasteiger partial charge is 0.378 e. The number of hydrogen-bond donors (Lipinski definition) is 2. The minimum atomic E-state index is -1.27. The van der Waals surface area contributed by atoms with Gasteiger partial charge in [-0.15, -0.1) is 0 Å². The van der Waals surface area contributed by atoms with Gasteiger partial charge in [0.2, 0.25) is 0 Å². The lowest BCUT2D eigenvalue weighted by Gasteiger charge is -2.13. The fourth-order valence-corrected chi connectivity index (χ4v) is 1.72. The zero-order valence-electron chi connectivity index (χ0n) is 10.4. The molecule has 0 radical (unpaired) electrons. The van der Waals surface area contributed by atoms with Crippen LogP contribution in [0, 0.1) is 12.7 Å². The summed E-state index contributed by atoms with van der Waals surface area (Å²) in [5, 5.41) is 12.4. The van der Waals surface area contributed by atoms with Gasteiger partial charge >= 0.3 is 0 Å². The van der Waals surface area contributed by atoms with Crippen LogP contribution >= 0.6 is 0 Å². The van der Waals surface area contributed by atoms with Crippen molar-refractivity contribution in [3.63, 3.8) is 0 Å². The first-order valence-electron chi connectivity index (χ1n) is 5.88. The van der Waals surface area contributed by atoms with Crippen LogP contribution in [0.4, 0.5) is 10.1 Å². The van der Waals surface area contributed by atoms with E-state index in [1.807, 2.05) is 0 Å². The Morgan fingerprint density at radius 3 is 2.58 bits per heavy atom. The molecule has 0 bridgehead atoms. The quantitative estimate of drug-likeness (QED) is 0.890. The second kappa shape index (κ2) is 5.63. The number of benzene rings is 2. The van der Waals surface area contributed by atoms with E-state index in [4.69, 9.17) is 0 Å². The van der Waals surface area contributed by atoms with Gasteiger partial charge in [-0.25, -0.2) is 4.39 Å². The summed E-state index contributed by atoms with van der Waals surface area (Å²) in [7, 11) is 0. The van der Waals surface area contributed by atoms with Crippen molar-refractivity contribution in [2.24, 2.45) is 0 Å². The fourth-order valence-electron chi connectivity index (χ4n) is 1.72. The first-order valence-corrected chi connectivity index (χ1v) is 5.88. The van der Waals surface area contributed by atoms with E-state index in [2.05, 4.69) is 5.32 Å². The maximum atomic E-state index is 13.1. The summed E-state index contributed by atoms with van der Waals surface area (Å²) in [6, 6.07) is 12.7. The Morgan fingerprint density at radius 2 is 1.89 bits per heavy atom. The van der Waals surface area contributed by atoms with Crippen molar-refractivity contribution < 1.29 is 14.3 Å². The van der Waals surface area contributed by atoms with Gasteiger partial charge < -0.3 is 10.4 Å². The van der Waals surface area contributed by atoms with Gasteiger partial charge in [-0.3, -0.25) is 4.79 Å². The lowest BCUT2D eigenvalue weighted by Crippen LogP contribution is -2.21. The summed E-state index contributed by atoms with van der Waals surface area (Å²) >= 11 is 0. The summed E-state index contributed by atoms with van der Waals surface area (Å²) in [6.45, 7) is 1.75. The van der Waals surface area contributed by atoms with E-state index in [1.165, 1.54) is 12.1 Å². The highest BCUT2D eigenvalue weighted by Crippen LogP contribution is 2.19. The number of aryl methyl sites for hydroxylation is 1. The van der Waals surface area contributed by atoms with Gasteiger partial charge in [0.1, 0.15) is 5.82 Å². The average Bonchev–Trinajstić information content (AvgIpc) is 2.43. The molecule has 0 saturated carbocycles. The summed E-state index contributed by atoms with van der Waals surface area (Å²) in [6.07, 6.45) is -1.27. The zero-order valence-corrected chi connectivity index (χ0v) is 10.4. The van der Waals surface area contributed by atoms with E-state index in [9.17, 15) is 14.3 Å². The first-order chi connectivity index (χ1) is 9.08. The molecule has 98 valence electrons. The van der Waals surface area contributed by atoms with Crippen LogP contribution in [0.25, 0.3) is 0 Å². The summed E-state index contributed by atoms with van der Waals surface area (Å²) < 4.78 is 13.1. The second-order valence-corrected chi connectivity index (χ2v) is 4.26. The Morgan fingerprint density at radius 1 is 1.21 bits per heavy atom. The number of halogens is 1.